The van der Waals surface area contributed by atoms with Crippen LogP contribution in [-0.4, -0.2) is 4.57 Å². The number of nitriles is 1. The van der Waals surface area contributed by atoms with Gasteiger partial charge in [-0.1, -0.05) is 18.2 Å². The summed E-state index contributed by atoms with van der Waals surface area (Å²) >= 11 is 0. The van der Waals surface area contributed by atoms with Crippen LogP contribution >= 0.6 is 0 Å². The van der Waals surface area contributed by atoms with E-state index in [0.29, 0.717) is 6.42 Å². The molecule has 1 aromatic carbocycles. The summed E-state index contributed by atoms with van der Waals surface area (Å²) in [5, 5.41) is 9.90. The Morgan fingerprint density at radius 2 is 2.00 bits per heavy atom. The van der Waals surface area contributed by atoms with Crippen molar-refractivity contribution in [2.45, 2.75) is 33.2 Å². The van der Waals surface area contributed by atoms with Crippen LogP contribution in [0.5, 0.6) is 0 Å². The molecule has 0 saturated heterocycles. The van der Waals surface area contributed by atoms with Gasteiger partial charge in [0.15, 0.2) is 0 Å². The van der Waals surface area contributed by atoms with Gasteiger partial charge in [-0.25, -0.2) is 0 Å². The van der Waals surface area contributed by atoms with Gasteiger partial charge in [0.05, 0.1) is 6.07 Å². The first-order valence-corrected chi connectivity index (χ1v) is 5.67. The minimum Gasteiger partial charge on any atom is -0.345 e. The third kappa shape index (κ3) is 1.69. The van der Waals surface area contributed by atoms with Crippen LogP contribution in [0.1, 0.15) is 24.1 Å². The molecular weight excluding hydrogens is 196 g/mol. The summed E-state index contributed by atoms with van der Waals surface area (Å²) in [4.78, 5) is 0. The second-order valence-electron chi connectivity index (χ2n) is 4.14. The van der Waals surface area contributed by atoms with Crippen molar-refractivity contribution in [1.29, 1.82) is 5.26 Å². The highest BCUT2D eigenvalue weighted by Crippen LogP contribution is 2.25. The number of rotatable bonds is 3. The number of unbranched alkanes of at least 4 members (excludes halogenated alkanes) is 1. The lowest BCUT2D eigenvalue weighted by molar-refractivity contribution is 0.658. The van der Waals surface area contributed by atoms with E-state index in [1.165, 1.54) is 22.2 Å². The molecule has 0 amide bonds. The molecule has 0 aliphatic heterocycles. The summed E-state index contributed by atoms with van der Waals surface area (Å²) in [5.41, 5.74) is 3.96. The summed E-state index contributed by atoms with van der Waals surface area (Å²) in [6.45, 7) is 5.26. The van der Waals surface area contributed by atoms with Crippen LogP contribution in [-0.2, 0) is 6.54 Å². The third-order valence-electron chi connectivity index (χ3n) is 3.22. The largest absolute Gasteiger partial charge is 0.345 e. The molecule has 2 nitrogen and oxygen atoms in total. The Balaban J connectivity index is 2.44. The molecule has 0 aliphatic rings. The highest BCUT2D eigenvalue weighted by atomic mass is 15.0. The van der Waals surface area contributed by atoms with E-state index in [0.717, 1.165) is 13.0 Å². The van der Waals surface area contributed by atoms with E-state index in [2.05, 4.69) is 48.7 Å². The van der Waals surface area contributed by atoms with Crippen LogP contribution in [0.2, 0.25) is 0 Å². The number of aryl methyl sites for hydroxylation is 2. The summed E-state index contributed by atoms with van der Waals surface area (Å²) < 4.78 is 2.32. The van der Waals surface area contributed by atoms with Gasteiger partial charge in [-0.15, -0.1) is 0 Å². The summed E-state index contributed by atoms with van der Waals surface area (Å²) in [6, 6.07) is 10.7. The number of nitrogens with zero attached hydrogens (tertiary/aromatic N) is 2. The Kier molecular flexibility index (Phi) is 2.96. The predicted octanol–water partition coefficient (Wildman–Crippen LogP) is 3.56. The summed E-state index contributed by atoms with van der Waals surface area (Å²) in [7, 11) is 0. The predicted molar refractivity (Wildman–Crippen MR) is 66.3 cm³/mol. The Morgan fingerprint density at radius 1 is 1.25 bits per heavy atom. The maximum absolute atomic E-state index is 8.57. The number of benzene rings is 1. The average molecular weight is 212 g/mol. The number of hydrogen-bond donors (Lipinski definition) is 0. The first-order valence-electron chi connectivity index (χ1n) is 5.67. The fraction of sp³-hybridized carbons (Fsp3) is 0.357. The lowest BCUT2D eigenvalue weighted by atomic mass is 10.2. The Labute approximate surface area is 96.1 Å². The minimum atomic E-state index is 0.630. The molecule has 0 radical (unpaired) electrons. The van der Waals surface area contributed by atoms with Gasteiger partial charge in [-0.2, -0.15) is 5.26 Å². The van der Waals surface area contributed by atoms with Crippen LogP contribution in [0.25, 0.3) is 10.9 Å². The first-order chi connectivity index (χ1) is 7.75. The normalized spacial score (nSPS) is 10.6. The molecule has 82 valence electrons. The quantitative estimate of drug-likeness (QED) is 0.715. The SMILES string of the molecule is Cc1c(C)n(CCCC#N)c2ccccc12. The van der Waals surface area contributed by atoms with Gasteiger partial charge in [0.25, 0.3) is 0 Å². The van der Waals surface area contributed by atoms with Crippen molar-refractivity contribution in [3.63, 3.8) is 0 Å². The average Bonchev–Trinajstić information content (AvgIpc) is 2.55. The molecule has 0 aliphatic carbocycles. The number of para-hydroxylation sites is 1. The van der Waals surface area contributed by atoms with E-state index in [4.69, 9.17) is 5.26 Å². The highest BCUT2D eigenvalue weighted by Gasteiger charge is 2.09. The second kappa shape index (κ2) is 4.40. The van der Waals surface area contributed by atoms with Gasteiger partial charge in [-0.3, -0.25) is 0 Å². The molecular formula is C14H16N2. The summed E-state index contributed by atoms with van der Waals surface area (Å²) in [6.07, 6.45) is 1.56. The van der Waals surface area contributed by atoms with E-state index < -0.39 is 0 Å². The van der Waals surface area contributed by atoms with Crippen LogP contribution in [0.4, 0.5) is 0 Å². The molecule has 0 fully saturated rings. The Hall–Kier alpha value is -1.75. The topological polar surface area (TPSA) is 28.7 Å². The molecule has 0 atom stereocenters. The Bertz CT molecular complexity index is 544. The maximum atomic E-state index is 8.57. The van der Waals surface area contributed by atoms with Crippen molar-refractivity contribution in [2.75, 3.05) is 0 Å². The fourth-order valence-electron chi connectivity index (χ4n) is 2.21. The molecule has 0 unspecified atom stereocenters. The van der Waals surface area contributed by atoms with Gasteiger partial charge in [0.1, 0.15) is 0 Å². The molecule has 1 heterocycles. The van der Waals surface area contributed by atoms with E-state index >= 15 is 0 Å². The van der Waals surface area contributed by atoms with Crippen molar-refractivity contribution in [3.8, 4) is 6.07 Å². The zero-order chi connectivity index (χ0) is 11.5. The lowest BCUT2D eigenvalue weighted by Crippen LogP contribution is -1.99. The Morgan fingerprint density at radius 3 is 2.75 bits per heavy atom. The van der Waals surface area contributed by atoms with Gasteiger partial charge in [0, 0.05) is 29.6 Å². The van der Waals surface area contributed by atoms with Gasteiger partial charge >= 0.3 is 0 Å². The molecule has 2 rings (SSSR count). The van der Waals surface area contributed by atoms with Gasteiger partial charge in [0.2, 0.25) is 0 Å². The zero-order valence-corrected chi connectivity index (χ0v) is 9.83. The van der Waals surface area contributed by atoms with Gasteiger partial charge in [-0.05, 0) is 31.9 Å². The van der Waals surface area contributed by atoms with Crippen LogP contribution in [0.15, 0.2) is 24.3 Å². The minimum absolute atomic E-state index is 0.630. The lowest BCUT2D eigenvalue weighted by Gasteiger charge is -2.06. The fourth-order valence-corrected chi connectivity index (χ4v) is 2.21. The molecule has 2 heteroatoms. The second-order valence-corrected chi connectivity index (χ2v) is 4.14. The van der Waals surface area contributed by atoms with Crippen molar-refractivity contribution < 1.29 is 0 Å². The standard InChI is InChI=1S/C14H16N2/c1-11-12(2)16(10-6-5-9-15)14-8-4-3-7-13(11)14/h3-4,7-8H,5-6,10H2,1-2H3. The van der Waals surface area contributed by atoms with Crippen molar-refractivity contribution >= 4 is 10.9 Å². The first kappa shape index (κ1) is 10.8. The van der Waals surface area contributed by atoms with Crippen molar-refractivity contribution in [1.82, 2.24) is 4.57 Å². The monoisotopic (exact) mass is 212 g/mol. The van der Waals surface area contributed by atoms with Crippen LogP contribution in [0, 0.1) is 25.2 Å². The van der Waals surface area contributed by atoms with Crippen LogP contribution < -0.4 is 0 Å². The molecule has 0 bridgehead atoms. The smallest absolute Gasteiger partial charge is 0.0622 e. The zero-order valence-electron chi connectivity index (χ0n) is 9.83. The van der Waals surface area contributed by atoms with Crippen molar-refractivity contribution in [2.24, 2.45) is 0 Å². The van der Waals surface area contributed by atoms with E-state index in [1.807, 2.05) is 0 Å². The molecule has 16 heavy (non-hydrogen) atoms. The molecule has 0 saturated carbocycles. The highest BCUT2D eigenvalue weighted by molar-refractivity contribution is 5.85. The molecule has 0 N–H and O–H groups in total. The third-order valence-corrected chi connectivity index (χ3v) is 3.22. The molecule has 2 aromatic rings. The van der Waals surface area contributed by atoms with E-state index in [9.17, 15) is 0 Å². The van der Waals surface area contributed by atoms with E-state index in [1.54, 1.807) is 0 Å². The number of hydrogen-bond acceptors (Lipinski definition) is 1. The van der Waals surface area contributed by atoms with Crippen LogP contribution in [0.3, 0.4) is 0 Å². The molecule has 0 spiro atoms. The number of aromatic nitrogens is 1. The van der Waals surface area contributed by atoms with Gasteiger partial charge < -0.3 is 4.57 Å². The summed E-state index contributed by atoms with van der Waals surface area (Å²) in [5.74, 6) is 0. The molecule has 1 aromatic heterocycles. The maximum Gasteiger partial charge on any atom is 0.0622 e. The van der Waals surface area contributed by atoms with Crippen molar-refractivity contribution in [3.05, 3.63) is 35.5 Å². The van der Waals surface area contributed by atoms with E-state index in [-0.39, 0.29) is 0 Å². The number of fused-ring (bicyclic) bond motifs is 1.